The molecular formula is C16H30N2O11. The fourth-order valence-electron chi connectivity index (χ4n) is 3.24. The van der Waals surface area contributed by atoms with Gasteiger partial charge in [0.25, 0.3) is 0 Å². The first-order chi connectivity index (χ1) is 13.7. The fourth-order valence-corrected chi connectivity index (χ4v) is 3.24. The highest BCUT2D eigenvalue weighted by atomic mass is 16.7. The molecule has 0 radical (unpaired) electrons. The molecule has 2 rings (SSSR count). The molecule has 0 unspecified atom stereocenters. The molecule has 9 N–H and O–H groups in total. The van der Waals surface area contributed by atoms with Crippen LogP contribution in [-0.2, 0) is 23.7 Å². The molecule has 0 bridgehead atoms. The molecule has 170 valence electrons. The minimum atomic E-state index is -1.70. The lowest BCUT2D eigenvalue weighted by Gasteiger charge is -2.46. The molecule has 0 spiro atoms. The second kappa shape index (κ2) is 10.9. The van der Waals surface area contributed by atoms with Gasteiger partial charge in [-0.2, -0.15) is 0 Å². The average molecular weight is 426 g/mol. The van der Waals surface area contributed by atoms with Crippen molar-refractivity contribution in [2.45, 2.75) is 68.3 Å². The summed E-state index contributed by atoms with van der Waals surface area (Å²) in [4.78, 5) is 11.3. The second-order valence-corrected chi connectivity index (χ2v) is 6.94. The van der Waals surface area contributed by atoms with Crippen LogP contribution in [0.2, 0.25) is 0 Å². The number of aliphatic hydroxyl groups is 6. The van der Waals surface area contributed by atoms with Gasteiger partial charge in [0.2, 0.25) is 5.91 Å². The molecule has 2 saturated heterocycles. The third-order valence-electron chi connectivity index (χ3n) is 4.75. The number of amides is 1. The monoisotopic (exact) mass is 426 g/mol. The van der Waals surface area contributed by atoms with Gasteiger partial charge < -0.3 is 60.6 Å². The summed E-state index contributed by atoms with van der Waals surface area (Å²) in [6.45, 7) is 0.759. The number of carbonyl (C=O) groups is 1. The van der Waals surface area contributed by atoms with Crippen molar-refractivity contribution in [2.75, 3.05) is 26.4 Å². The summed E-state index contributed by atoms with van der Waals surface area (Å²) in [5, 5.41) is 62.7. The molecule has 29 heavy (non-hydrogen) atoms. The zero-order valence-corrected chi connectivity index (χ0v) is 15.9. The van der Waals surface area contributed by atoms with Gasteiger partial charge in [0.1, 0.15) is 48.8 Å². The van der Waals surface area contributed by atoms with Crippen LogP contribution < -0.4 is 11.1 Å². The molecule has 1 amide bonds. The largest absolute Gasteiger partial charge is 0.394 e. The third-order valence-corrected chi connectivity index (χ3v) is 4.75. The lowest BCUT2D eigenvalue weighted by atomic mass is 9.95. The smallest absolute Gasteiger partial charge is 0.217 e. The van der Waals surface area contributed by atoms with Crippen molar-refractivity contribution in [1.82, 2.24) is 5.32 Å². The van der Waals surface area contributed by atoms with Gasteiger partial charge in [-0.3, -0.25) is 4.79 Å². The van der Waals surface area contributed by atoms with E-state index in [4.69, 9.17) is 24.7 Å². The Hall–Kier alpha value is -0.970. The first-order valence-corrected chi connectivity index (χ1v) is 9.23. The quantitative estimate of drug-likeness (QED) is 0.171. The number of nitrogens with two attached hydrogens (primary N) is 1. The maximum atomic E-state index is 11.3. The van der Waals surface area contributed by atoms with Crippen LogP contribution in [0.4, 0.5) is 0 Å². The van der Waals surface area contributed by atoms with E-state index in [2.05, 4.69) is 5.32 Å². The Morgan fingerprint density at radius 1 is 1.03 bits per heavy atom. The molecule has 2 heterocycles. The molecule has 0 aromatic rings. The van der Waals surface area contributed by atoms with Gasteiger partial charge >= 0.3 is 0 Å². The van der Waals surface area contributed by atoms with E-state index in [1.54, 1.807) is 0 Å². The Morgan fingerprint density at radius 2 is 1.72 bits per heavy atom. The normalized spacial score (nSPS) is 43.2. The van der Waals surface area contributed by atoms with E-state index in [0.29, 0.717) is 0 Å². The van der Waals surface area contributed by atoms with Crippen LogP contribution in [0.25, 0.3) is 0 Å². The number of hydrogen-bond acceptors (Lipinski definition) is 12. The van der Waals surface area contributed by atoms with Crippen LogP contribution >= 0.6 is 0 Å². The minimum Gasteiger partial charge on any atom is -0.394 e. The maximum Gasteiger partial charge on any atom is 0.217 e. The van der Waals surface area contributed by atoms with Crippen molar-refractivity contribution in [1.29, 1.82) is 0 Å². The van der Waals surface area contributed by atoms with Crippen LogP contribution in [0, 0.1) is 0 Å². The summed E-state index contributed by atoms with van der Waals surface area (Å²) in [7, 11) is 0. The highest BCUT2D eigenvalue weighted by molar-refractivity contribution is 5.73. The number of hydrogen-bond donors (Lipinski definition) is 8. The number of ether oxygens (including phenoxy) is 4. The Bertz CT molecular complexity index is 527. The topological polar surface area (TPSA) is 213 Å². The predicted octanol–water partition coefficient (Wildman–Crippen LogP) is -5.27. The molecule has 0 saturated carbocycles. The van der Waals surface area contributed by atoms with Crippen molar-refractivity contribution in [2.24, 2.45) is 5.73 Å². The average Bonchev–Trinajstić information content (AvgIpc) is 2.68. The molecule has 2 aliphatic heterocycles. The van der Waals surface area contributed by atoms with E-state index in [9.17, 15) is 35.4 Å². The molecule has 13 heteroatoms. The molecule has 2 fully saturated rings. The molecule has 0 aromatic carbocycles. The molecule has 13 nitrogen and oxygen atoms in total. The lowest BCUT2D eigenvalue weighted by molar-refractivity contribution is -0.346. The third kappa shape index (κ3) is 5.80. The van der Waals surface area contributed by atoms with E-state index in [1.165, 1.54) is 6.92 Å². The summed E-state index contributed by atoms with van der Waals surface area (Å²) in [6.07, 6.45) is -13.2. The predicted molar refractivity (Wildman–Crippen MR) is 93.0 cm³/mol. The van der Waals surface area contributed by atoms with E-state index < -0.39 is 73.9 Å². The Balaban J connectivity index is 2.13. The van der Waals surface area contributed by atoms with Crippen molar-refractivity contribution in [3.8, 4) is 0 Å². The van der Waals surface area contributed by atoms with Gasteiger partial charge in [-0.15, -0.1) is 0 Å². The Morgan fingerprint density at radius 3 is 2.31 bits per heavy atom. The van der Waals surface area contributed by atoms with E-state index >= 15 is 0 Å². The summed E-state index contributed by atoms with van der Waals surface area (Å²) in [5.41, 5.74) is 5.33. The van der Waals surface area contributed by atoms with Crippen LogP contribution in [0.1, 0.15) is 6.92 Å². The van der Waals surface area contributed by atoms with Crippen LogP contribution in [0.5, 0.6) is 0 Å². The number of aliphatic hydroxyl groups excluding tert-OH is 6. The number of rotatable bonds is 8. The van der Waals surface area contributed by atoms with E-state index in [1.807, 2.05) is 0 Å². The fraction of sp³-hybridized carbons (Fsp3) is 0.938. The van der Waals surface area contributed by atoms with E-state index in [0.717, 1.165) is 0 Å². The zero-order chi connectivity index (χ0) is 21.7. The SMILES string of the molecule is CC(=O)N[C@@H]1[C@@H](O)[C@H](O[C@@H]2O[C@H](COCCN)[C@H](O)[C@H](O)[C@H]2O)[C@@H](CO)O[C@H]1O. The van der Waals surface area contributed by atoms with Crippen molar-refractivity contribution >= 4 is 5.91 Å². The van der Waals surface area contributed by atoms with Crippen molar-refractivity contribution in [3.05, 3.63) is 0 Å². The number of carbonyl (C=O) groups excluding carboxylic acids is 1. The molecule has 0 aromatic heterocycles. The summed E-state index contributed by atoms with van der Waals surface area (Å²) in [5.74, 6) is -0.553. The summed E-state index contributed by atoms with van der Waals surface area (Å²) >= 11 is 0. The van der Waals surface area contributed by atoms with E-state index in [-0.39, 0.29) is 19.8 Å². The maximum absolute atomic E-state index is 11.3. The lowest BCUT2D eigenvalue weighted by Crippen LogP contribution is -2.67. The first-order valence-electron chi connectivity index (χ1n) is 9.23. The standard InChI is InChI=1S/C16H30N2O11/c1-6(20)18-9-11(22)14(7(4-19)27-15(9)25)29-16-13(24)12(23)10(21)8(28-16)5-26-3-2-17/h7-16,19,21-25H,2-5,17H2,1H3,(H,18,20)/t7-,8-,9-,10+,11-,12+,13-,14-,15-,16+/m1/s1. The molecule has 10 atom stereocenters. The number of nitrogens with one attached hydrogen (secondary N) is 1. The zero-order valence-electron chi connectivity index (χ0n) is 15.9. The Labute approximate surface area is 166 Å². The van der Waals surface area contributed by atoms with Gasteiger partial charge in [0.05, 0.1) is 19.8 Å². The Kier molecular flexibility index (Phi) is 9.12. The van der Waals surface area contributed by atoms with Crippen LogP contribution in [0.3, 0.4) is 0 Å². The highest BCUT2D eigenvalue weighted by Gasteiger charge is 2.50. The highest BCUT2D eigenvalue weighted by Crippen LogP contribution is 2.28. The van der Waals surface area contributed by atoms with Gasteiger partial charge in [-0.1, -0.05) is 0 Å². The minimum absolute atomic E-state index is 0.150. The van der Waals surface area contributed by atoms with Gasteiger partial charge in [-0.25, -0.2) is 0 Å². The molecule has 2 aliphatic rings. The van der Waals surface area contributed by atoms with Crippen molar-refractivity contribution < 1.29 is 54.4 Å². The van der Waals surface area contributed by atoms with Crippen LogP contribution in [0.15, 0.2) is 0 Å². The molecular weight excluding hydrogens is 396 g/mol. The molecule has 0 aliphatic carbocycles. The van der Waals surface area contributed by atoms with Gasteiger partial charge in [-0.05, 0) is 0 Å². The first kappa shape index (κ1) is 24.3. The van der Waals surface area contributed by atoms with Gasteiger partial charge in [0, 0.05) is 13.5 Å². The summed E-state index contributed by atoms with van der Waals surface area (Å²) in [6, 6.07) is -1.28. The van der Waals surface area contributed by atoms with Crippen molar-refractivity contribution in [3.63, 3.8) is 0 Å². The van der Waals surface area contributed by atoms with Gasteiger partial charge in [0.15, 0.2) is 12.6 Å². The van der Waals surface area contributed by atoms with Crippen LogP contribution in [-0.4, -0.2) is 124 Å². The second-order valence-electron chi connectivity index (χ2n) is 6.94. The summed E-state index contributed by atoms with van der Waals surface area (Å²) < 4.78 is 21.4.